The molecule has 1 heterocycles. The Kier molecular flexibility index (Phi) is 6.10. The Bertz CT molecular complexity index is 522. The number of ether oxygens (including phenoxy) is 1. The standard InChI is InChI=1S/C20H36N4O2/c1-5-21-19(24-12-10-23(11-13-24)18(25)15(3)4)22-16-14-17(26-6-2)20(16)8-7-9-20/h15-17H,5-14H2,1-4H3,(H,21,22). The summed E-state index contributed by atoms with van der Waals surface area (Å²) in [4.78, 5) is 21.3. The molecule has 3 rings (SSSR count). The van der Waals surface area contributed by atoms with Crippen molar-refractivity contribution in [3.63, 3.8) is 0 Å². The maximum atomic E-state index is 12.2. The first kappa shape index (κ1) is 19.5. The van der Waals surface area contributed by atoms with Crippen molar-refractivity contribution in [3.8, 4) is 0 Å². The molecule has 6 nitrogen and oxygen atoms in total. The Hall–Kier alpha value is -1.30. The molecule has 3 aliphatic rings. The minimum absolute atomic E-state index is 0.0763. The van der Waals surface area contributed by atoms with Crippen molar-refractivity contribution in [1.29, 1.82) is 0 Å². The molecule has 2 saturated carbocycles. The van der Waals surface area contributed by atoms with Gasteiger partial charge in [-0.05, 0) is 33.1 Å². The number of amides is 1. The highest BCUT2D eigenvalue weighted by atomic mass is 16.5. The molecule has 1 amide bonds. The fraction of sp³-hybridized carbons (Fsp3) is 0.900. The predicted octanol–water partition coefficient (Wildman–Crippen LogP) is 2.10. The molecule has 0 aromatic heterocycles. The van der Waals surface area contributed by atoms with E-state index >= 15 is 0 Å². The monoisotopic (exact) mass is 364 g/mol. The van der Waals surface area contributed by atoms with Crippen LogP contribution in [-0.2, 0) is 9.53 Å². The van der Waals surface area contributed by atoms with Crippen molar-refractivity contribution < 1.29 is 9.53 Å². The van der Waals surface area contributed by atoms with Gasteiger partial charge in [-0.3, -0.25) is 9.79 Å². The zero-order valence-electron chi connectivity index (χ0n) is 17.0. The molecule has 2 unspecified atom stereocenters. The van der Waals surface area contributed by atoms with Crippen LogP contribution in [0.4, 0.5) is 0 Å². The van der Waals surface area contributed by atoms with Crippen LogP contribution >= 0.6 is 0 Å². The minimum Gasteiger partial charge on any atom is -0.378 e. The van der Waals surface area contributed by atoms with Crippen LogP contribution in [0.15, 0.2) is 4.99 Å². The van der Waals surface area contributed by atoms with Crippen molar-refractivity contribution in [3.05, 3.63) is 0 Å². The van der Waals surface area contributed by atoms with Gasteiger partial charge < -0.3 is 19.9 Å². The number of carbonyl (C=O) groups excluding carboxylic acids is 1. The molecule has 26 heavy (non-hydrogen) atoms. The number of hydrogen-bond donors (Lipinski definition) is 1. The summed E-state index contributed by atoms with van der Waals surface area (Å²) in [6.45, 7) is 13.0. The Morgan fingerprint density at radius 3 is 2.35 bits per heavy atom. The van der Waals surface area contributed by atoms with E-state index in [0.29, 0.717) is 17.6 Å². The lowest BCUT2D eigenvalue weighted by molar-refractivity contribution is -0.169. The van der Waals surface area contributed by atoms with Gasteiger partial charge in [-0.2, -0.15) is 0 Å². The molecular formula is C20H36N4O2. The number of aliphatic imine (C=N–C) groups is 1. The van der Waals surface area contributed by atoms with Gasteiger partial charge in [0.1, 0.15) is 0 Å². The SMILES string of the molecule is CCN=C(NC1CC(OCC)C12CCC2)N1CCN(C(=O)C(C)C)CC1. The summed E-state index contributed by atoms with van der Waals surface area (Å²) in [7, 11) is 0. The quantitative estimate of drug-likeness (QED) is 0.600. The molecule has 1 spiro atoms. The molecule has 2 aliphatic carbocycles. The van der Waals surface area contributed by atoms with Gasteiger partial charge in [-0.1, -0.05) is 20.3 Å². The van der Waals surface area contributed by atoms with Gasteiger partial charge in [-0.25, -0.2) is 0 Å². The van der Waals surface area contributed by atoms with Crippen LogP contribution in [0, 0.1) is 11.3 Å². The highest BCUT2D eigenvalue weighted by molar-refractivity contribution is 5.82. The predicted molar refractivity (Wildman–Crippen MR) is 104 cm³/mol. The summed E-state index contributed by atoms with van der Waals surface area (Å²) < 4.78 is 5.98. The second-order valence-electron chi connectivity index (χ2n) is 8.23. The fourth-order valence-corrected chi connectivity index (χ4v) is 4.69. The Morgan fingerprint density at radius 1 is 1.19 bits per heavy atom. The molecular weight excluding hydrogens is 328 g/mol. The summed E-state index contributed by atoms with van der Waals surface area (Å²) in [5.74, 6) is 1.36. The highest BCUT2D eigenvalue weighted by Gasteiger charge is 2.59. The van der Waals surface area contributed by atoms with Crippen molar-refractivity contribution >= 4 is 11.9 Å². The number of guanidine groups is 1. The summed E-state index contributed by atoms with van der Waals surface area (Å²) in [5, 5.41) is 3.76. The molecule has 0 radical (unpaired) electrons. The average molecular weight is 365 g/mol. The van der Waals surface area contributed by atoms with E-state index in [1.54, 1.807) is 0 Å². The maximum Gasteiger partial charge on any atom is 0.225 e. The van der Waals surface area contributed by atoms with Crippen LogP contribution in [0.3, 0.4) is 0 Å². The lowest BCUT2D eigenvalue weighted by Gasteiger charge is -2.61. The highest BCUT2D eigenvalue weighted by Crippen LogP contribution is 2.57. The van der Waals surface area contributed by atoms with Crippen LogP contribution in [0.2, 0.25) is 0 Å². The second kappa shape index (κ2) is 8.15. The zero-order chi connectivity index (χ0) is 18.7. The van der Waals surface area contributed by atoms with Gasteiger partial charge in [0, 0.05) is 56.7 Å². The Morgan fingerprint density at radius 2 is 1.85 bits per heavy atom. The van der Waals surface area contributed by atoms with Crippen LogP contribution in [0.1, 0.15) is 53.4 Å². The third kappa shape index (κ3) is 3.57. The number of nitrogens with zero attached hydrogens (tertiary/aromatic N) is 3. The first-order chi connectivity index (χ1) is 12.5. The van der Waals surface area contributed by atoms with Crippen molar-refractivity contribution in [2.45, 2.75) is 65.5 Å². The van der Waals surface area contributed by atoms with Crippen LogP contribution in [0.25, 0.3) is 0 Å². The average Bonchev–Trinajstić information content (AvgIpc) is 2.58. The molecule has 1 saturated heterocycles. The van der Waals surface area contributed by atoms with E-state index in [1.807, 2.05) is 18.7 Å². The maximum absolute atomic E-state index is 12.2. The molecule has 148 valence electrons. The molecule has 0 aromatic rings. The third-order valence-corrected chi connectivity index (χ3v) is 6.43. The lowest BCUT2D eigenvalue weighted by atomic mass is 9.51. The molecule has 0 bridgehead atoms. The van der Waals surface area contributed by atoms with Gasteiger partial charge in [0.15, 0.2) is 5.96 Å². The number of piperazine rings is 1. The van der Waals surface area contributed by atoms with Crippen LogP contribution < -0.4 is 5.32 Å². The molecule has 6 heteroatoms. The largest absolute Gasteiger partial charge is 0.378 e. The van der Waals surface area contributed by atoms with Crippen molar-refractivity contribution in [2.75, 3.05) is 39.3 Å². The van der Waals surface area contributed by atoms with E-state index in [1.165, 1.54) is 19.3 Å². The first-order valence-corrected chi connectivity index (χ1v) is 10.5. The van der Waals surface area contributed by atoms with Crippen LogP contribution in [-0.4, -0.2) is 73.1 Å². The summed E-state index contributed by atoms with van der Waals surface area (Å²) in [5.41, 5.74) is 0.333. The van der Waals surface area contributed by atoms with Gasteiger partial charge in [0.2, 0.25) is 5.91 Å². The van der Waals surface area contributed by atoms with E-state index in [2.05, 4.69) is 24.1 Å². The van der Waals surface area contributed by atoms with Gasteiger partial charge in [0.05, 0.1) is 6.10 Å². The van der Waals surface area contributed by atoms with E-state index in [-0.39, 0.29) is 11.8 Å². The van der Waals surface area contributed by atoms with Crippen molar-refractivity contribution in [2.24, 2.45) is 16.3 Å². The number of nitrogens with one attached hydrogen (secondary N) is 1. The van der Waals surface area contributed by atoms with Gasteiger partial charge in [-0.15, -0.1) is 0 Å². The second-order valence-corrected chi connectivity index (χ2v) is 8.23. The molecule has 1 aliphatic heterocycles. The van der Waals surface area contributed by atoms with Crippen molar-refractivity contribution in [1.82, 2.24) is 15.1 Å². The molecule has 2 atom stereocenters. The minimum atomic E-state index is 0.0763. The number of carbonyl (C=O) groups is 1. The lowest BCUT2D eigenvalue weighted by Crippen LogP contribution is -2.69. The fourth-order valence-electron chi connectivity index (χ4n) is 4.69. The van der Waals surface area contributed by atoms with Crippen LogP contribution in [0.5, 0.6) is 0 Å². The zero-order valence-corrected chi connectivity index (χ0v) is 17.0. The third-order valence-electron chi connectivity index (χ3n) is 6.43. The summed E-state index contributed by atoms with van der Waals surface area (Å²) in [6, 6.07) is 0.480. The molecule has 0 aromatic carbocycles. The Balaban J connectivity index is 1.58. The normalized spacial score (nSPS) is 28.1. The number of hydrogen-bond acceptors (Lipinski definition) is 3. The van der Waals surface area contributed by atoms with E-state index in [4.69, 9.17) is 9.73 Å². The molecule has 3 fully saturated rings. The summed E-state index contributed by atoms with van der Waals surface area (Å²) in [6.07, 6.45) is 5.36. The van der Waals surface area contributed by atoms with Gasteiger partial charge in [0.25, 0.3) is 0 Å². The smallest absolute Gasteiger partial charge is 0.225 e. The van der Waals surface area contributed by atoms with Gasteiger partial charge >= 0.3 is 0 Å². The first-order valence-electron chi connectivity index (χ1n) is 10.5. The Labute approximate surface area is 158 Å². The van der Waals surface area contributed by atoms with E-state index < -0.39 is 0 Å². The van der Waals surface area contributed by atoms with E-state index in [0.717, 1.165) is 51.7 Å². The molecule has 1 N–H and O–H groups in total. The number of rotatable bonds is 5. The summed E-state index contributed by atoms with van der Waals surface area (Å²) >= 11 is 0. The topological polar surface area (TPSA) is 57.2 Å². The van der Waals surface area contributed by atoms with E-state index in [9.17, 15) is 4.79 Å².